The number of rotatable bonds is 3. The first-order valence-electron chi connectivity index (χ1n) is 8.06. The zero-order valence-corrected chi connectivity index (χ0v) is 20.0. The van der Waals surface area contributed by atoms with Crippen LogP contribution in [0.25, 0.3) is 32.7 Å². The fourth-order valence-electron chi connectivity index (χ4n) is 3.38. The normalized spacial score (nSPS) is 12.4. The summed E-state index contributed by atoms with van der Waals surface area (Å²) in [6, 6.07) is 20.3. The average molecular weight is 619 g/mol. The number of hydrogen-bond donors (Lipinski definition) is 0. The van der Waals surface area contributed by atoms with Crippen molar-refractivity contribution in [2.75, 3.05) is 7.11 Å². The minimum Gasteiger partial charge on any atom is -0.496 e. The molecule has 0 aliphatic carbocycles. The van der Waals surface area contributed by atoms with Crippen LogP contribution in [-0.4, -0.2) is 11.3 Å². The van der Waals surface area contributed by atoms with E-state index < -0.39 is 10.0 Å². The van der Waals surface area contributed by atoms with Crippen LogP contribution in [0, 0.1) is 7.14 Å². The van der Waals surface area contributed by atoms with Gasteiger partial charge in [0.2, 0.25) is 0 Å². The van der Waals surface area contributed by atoms with Crippen LogP contribution in [0.2, 0.25) is 0 Å². The third-order valence-electron chi connectivity index (χ3n) is 4.53. The van der Waals surface area contributed by atoms with E-state index in [1.54, 1.807) is 7.11 Å². The summed E-state index contributed by atoms with van der Waals surface area (Å²) in [6.07, 6.45) is 0. The second kappa shape index (κ2) is 7.85. The van der Waals surface area contributed by atoms with E-state index in [1.807, 2.05) is 30.3 Å². The summed E-state index contributed by atoms with van der Waals surface area (Å²) in [6.45, 7) is 0. The van der Waals surface area contributed by atoms with Crippen LogP contribution >= 0.6 is 55.9 Å². The Morgan fingerprint density at radius 2 is 1.37 bits per heavy atom. The summed E-state index contributed by atoms with van der Waals surface area (Å²) in [5.41, 5.74) is 1.78. The van der Waals surface area contributed by atoms with E-state index in [0.29, 0.717) is 4.90 Å². The van der Waals surface area contributed by atoms with Gasteiger partial charge in [0.1, 0.15) is 15.8 Å². The summed E-state index contributed by atoms with van der Waals surface area (Å²) in [7, 11) is 6.10. The second-order valence-corrected chi connectivity index (χ2v) is 10.3. The minimum atomic E-state index is -1.65. The van der Waals surface area contributed by atoms with Crippen LogP contribution in [0.1, 0.15) is 0 Å². The Morgan fingerprint density at radius 1 is 0.815 bits per heavy atom. The third-order valence-corrected chi connectivity index (χ3v) is 7.06. The van der Waals surface area contributed by atoms with Gasteiger partial charge in [-0.3, -0.25) is 0 Å². The fourth-order valence-corrected chi connectivity index (χ4v) is 5.34. The van der Waals surface area contributed by atoms with E-state index in [0.717, 1.165) is 45.6 Å². The van der Waals surface area contributed by atoms with Gasteiger partial charge in [0.05, 0.1) is 12.0 Å². The summed E-state index contributed by atoms with van der Waals surface area (Å²) < 4.78 is 20.4. The third kappa shape index (κ3) is 3.59. The molecule has 0 N–H and O–H groups in total. The van der Waals surface area contributed by atoms with Crippen molar-refractivity contribution in [3.63, 3.8) is 0 Å². The molecule has 4 rings (SSSR count). The van der Waals surface area contributed by atoms with Crippen molar-refractivity contribution >= 4 is 87.4 Å². The molecule has 4 aromatic rings. The predicted octanol–water partition coefficient (Wildman–Crippen LogP) is 7.14. The predicted molar refractivity (Wildman–Crippen MR) is 131 cm³/mol. The Kier molecular flexibility index (Phi) is 5.64. The van der Waals surface area contributed by atoms with Crippen molar-refractivity contribution < 1.29 is 8.95 Å². The molecule has 0 amide bonds. The highest BCUT2D eigenvalue weighted by Crippen LogP contribution is 2.44. The van der Waals surface area contributed by atoms with Gasteiger partial charge in [-0.15, -0.1) is 0 Å². The van der Waals surface area contributed by atoms with E-state index in [2.05, 4.69) is 75.5 Å². The molecule has 2 nitrogen and oxygen atoms in total. The maximum absolute atomic E-state index is 12.4. The Bertz CT molecular complexity index is 1220. The van der Waals surface area contributed by atoms with Crippen molar-refractivity contribution in [2.24, 2.45) is 0 Å². The molecule has 0 bridgehead atoms. The average Bonchev–Trinajstić information content (AvgIpc) is 2.65. The van der Waals surface area contributed by atoms with Crippen LogP contribution in [0.4, 0.5) is 0 Å². The minimum absolute atomic E-state index is 0.592. The maximum atomic E-state index is 12.4. The van der Waals surface area contributed by atoms with Crippen molar-refractivity contribution in [2.45, 2.75) is 4.90 Å². The van der Waals surface area contributed by atoms with E-state index in [4.69, 9.17) is 15.4 Å². The first-order chi connectivity index (χ1) is 13.0. The van der Waals surface area contributed by atoms with Crippen LogP contribution in [0.15, 0.2) is 65.6 Å². The van der Waals surface area contributed by atoms with E-state index in [1.165, 1.54) is 0 Å². The standard InChI is InChI=1S/C21H13ClI2O2S/c1-26-18-8-2-12-10-14(23)4-6-16(12)20(18)21-17-7-5-15(24)11-13(17)3-9-19(21)27(22)25/h2-11H,1H3. The monoisotopic (exact) mass is 618 g/mol. The summed E-state index contributed by atoms with van der Waals surface area (Å²) >= 11 is 4.60. The lowest BCUT2D eigenvalue weighted by atomic mass is 9.93. The molecular formula is C21H13ClI2O2S. The molecular weight excluding hydrogens is 606 g/mol. The molecule has 0 saturated heterocycles. The first-order valence-corrected chi connectivity index (χ1v) is 12.2. The molecule has 0 saturated carbocycles. The van der Waals surface area contributed by atoms with Gasteiger partial charge < -0.3 is 4.74 Å². The van der Waals surface area contributed by atoms with Gasteiger partial charge in [-0.2, -0.15) is 0 Å². The van der Waals surface area contributed by atoms with Crippen molar-refractivity contribution in [3.8, 4) is 16.9 Å². The van der Waals surface area contributed by atoms with Crippen LogP contribution in [0.3, 0.4) is 0 Å². The number of ether oxygens (including phenoxy) is 1. The zero-order chi connectivity index (χ0) is 19.1. The fraction of sp³-hybridized carbons (Fsp3) is 0.0476. The lowest BCUT2D eigenvalue weighted by Gasteiger charge is -2.17. The van der Waals surface area contributed by atoms with Gasteiger partial charge in [0.15, 0.2) is 0 Å². The van der Waals surface area contributed by atoms with Gasteiger partial charge in [0, 0.05) is 18.3 Å². The second-order valence-electron chi connectivity index (χ2n) is 6.04. The van der Waals surface area contributed by atoms with Crippen molar-refractivity contribution in [1.82, 2.24) is 0 Å². The molecule has 4 aromatic carbocycles. The van der Waals surface area contributed by atoms with Crippen LogP contribution in [-0.2, 0) is 10.0 Å². The molecule has 27 heavy (non-hydrogen) atoms. The quantitative estimate of drug-likeness (QED) is 0.180. The highest BCUT2D eigenvalue weighted by Gasteiger charge is 2.20. The van der Waals surface area contributed by atoms with Gasteiger partial charge in [-0.05, 0) is 114 Å². The summed E-state index contributed by atoms with van der Waals surface area (Å²) in [5.74, 6) is 0.734. The summed E-state index contributed by atoms with van der Waals surface area (Å²) in [5, 5.41) is 4.23. The van der Waals surface area contributed by atoms with Crippen LogP contribution < -0.4 is 4.74 Å². The largest absolute Gasteiger partial charge is 0.496 e. The van der Waals surface area contributed by atoms with E-state index in [9.17, 15) is 4.21 Å². The summed E-state index contributed by atoms with van der Waals surface area (Å²) in [4.78, 5) is 0.592. The number of benzene rings is 4. The molecule has 0 radical (unpaired) electrons. The molecule has 0 aromatic heterocycles. The molecule has 1 atom stereocenters. The zero-order valence-electron chi connectivity index (χ0n) is 14.1. The van der Waals surface area contributed by atoms with Crippen molar-refractivity contribution in [3.05, 3.63) is 67.8 Å². The lowest BCUT2D eigenvalue weighted by Crippen LogP contribution is -1.96. The molecule has 0 fully saturated rings. The number of halogens is 3. The van der Waals surface area contributed by atoms with E-state index in [-0.39, 0.29) is 0 Å². The van der Waals surface area contributed by atoms with Gasteiger partial charge in [0.25, 0.3) is 0 Å². The number of hydrogen-bond acceptors (Lipinski definition) is 2. The highest BCUT2D eigenvalue weighted by atomic mass is 127. The molecule has 136 valence electrons. The van der Waals surface area contributed by atoms with Gasteiger partial charge in [-0.1, -0.05) is 24.3 Å². The first kappa shape index (κ1) is 19.4. The molecule has 6 heteroatoms. The molecule has 0 aliphatic rings. The van der Waals surface area contributed by atoms with Crippen molar-refractivity contribution in [1.29, 1.82) is 0 Å². The highest BCUT2D eigenvalue weighted by molar-refractivity contribution is 14.1. The number of fused-ring (bicyclic) bond motifs is 2. The van der Waals surface area contributed by atoms with Gasteiger partial charge >= 0.3 is 0 Å². The van der Waals surface area contributed by atoms with E-state index >= 15 is 0 Å². The lowest BCUT2D eigenvalue weighted by molar-refractivity contribution is 0.417. The molecule has 0 heterocycles. The molecule has 1 unspecified atom stereocenters. The Hall–Kier alpha value is -0.900. The number of methoxy groups -OCH3 is 1. The Morgan fingerprint density at radius 3 is 1.93 bits per heavy atom. The molecule has 0 spiro atoms. The molecule has 0 aliphatic heterocycles. The maximum Gasteiger partial charge on any atom is 0.148 e. The van der Waals surface area contributed by atoms with Gasteiger partial charge in [-0.25, -0.2) is 4.21 Å². The SMILES string of the molecule is COc1ccc2cc(I)ccc2c1-c1c(S(=O)Cl)ccc2cc(I)ccc12. The Labute approximate surface area is 191 Å². The van der Waals surface area contributed by atoms with Crippen LogP contribution in [0.5, 0.6) is 5.75 Å². The smallest absolute Gasteiger partial charge is 0.148 e. The Balaban J connectivity index is 2.22. The topological polar surface area (TPSA) is 26.3 Å².